The van der Waals surface area contributed by atoms with E-state index in [0.717, 1.165) is 24.2 Å². The van der Waals surface area contributed by atoms with E-state index in [2.05, 4.69) is 19.9 Å². The van der Waals surface area contributed by atoms with Gasteiger partial charge in [-0.05, 0) is 62.7 Å². The van der Waals surface area contributed by atoms with Gasteiger partial charge in [-0.25, -0.2) is 0 Å². The monoisotopic (exact) mass is 345 g/mol. The number of rotatable bonds is 10. The highest BCUT2D eigenvalue weighted by atomic mass is 14.4. The van der Waals surface area contributed by atoms with Gasteiger partial charge in [0.05, 0.1) is 11.5 Å². The van der Waals surface area contributed by atoms with E-state index in [1.807, 2.05) is 0 Å². The molecule has 2 rings (SSSR count). The van der Waals surface area contributed by atoms with Gasteiger partial charge in [-0.2, -0.15) is 5.26 Å². The summed E-state index contributed by atoms with van der Waals surface area (Å²) in [5, 5.41) is 9.60. The first-order chi connectivity index (χ1) is 12.2. The molecule has 0 heterocycles. The molecule has 0 amide bonds. The van der Waals surface area contributed by atoms with Crippen LogP contribution in [-0.4, -0.2) is 0 Å². The third-order valence-corrected chi connectivity index (χ3v) is 7.48. The molecular weight excluding hydrogens is 302 g/mol. The molecule has 0 unspecified atom stereocenters. The predicted octanol–water partition coefficient (Wildman–Crippen LogP) is 8.04. The molecule has 0 spiro atoms. The van der Waals surface area contributed by atoms with Crippen molar-refractivity contribution in [3.05, 3.63) is 0 Å². The number of hydrogen-bond donors (Lipinski definition) is 0. The third-order valence-electron chi connectivity index (χ3n) is 7.48. The second-order valence-corrected chi connectivity index (χ2v) is 9.32. The van der Waals surface area contributed by atoms with Gasteiger partial charge >= 0.3 is 0 Å². The lowest BCUT2D eigenvalue weighted by Crippen LogP contribution is -2.31. The van der Waals surface area contributed by atoms with Crippen LogP contribution in [-0.2, 0) is 0 Å². The summed E-state index contributed by atoms with van der Waals surface area (Å²) in [6, 6.07) is 2.69. The van der Waals surface area contributed by atoms with E-state index in [4.69, 9.17) is 0 Å². The number of nitriles is 1. The Morgan fingerprint density at radius 3 is 1.96 bits per heavy atom. The van der Waals surface area contributed by atoms with E-state index in [-0.39, 0.29) is 5.41 Å². The van der Waals surface area contributed by atoms with Crippen molar-refractivity contribution in [2.24, 2.45) is 23.2 Å². The Hall–Kier alpha value is -0.510. The molecule has 144 valence electrons. The van der Waals surface area contributed by atoms with Gasteiger partial charge in [-0.3, -0.25) is 0 Å². The van der Waals surface area contributed by atoms with Crippen molar-refractivity contribution in [2.75, 3.05) is 0 Å². The molecule has 0 aromatic heterocycles. The van der Waals surface area contributed by atoms with Crippen LogP contribution in [0.2, 0.25) is 0 Å². The van der Waals surface area contributed by atoms with Gasteiger partial charge in [-0.1, -0.05) is 78.1 Å². The second kappa shape index (κ2) is 11.3. The number of unbranched alkanes of at least 4 members (excludes halogenated alkanes) is 5. The number of hydrogen-bond acceptors (Lipinski definition) is 1. The first-order valence-electron chi connectivity index (χ1n) is 11.6. The summed E-state index contributed by atoms with van der Waals surface area (Å²) in [7, 11) is 0. The molecular formula is C24H43N. The topological polar surface area (TPSA) is 23.8 Å². The zero-order valence-electron chi connectivity index (χ0n) is 17.2. The van der Waals surface area contributed by atoms with Crippen molar-refractivity contribution in [1.29, 1.82) is 5.26 Å². The Morgan fingerprint density at radius 2 is 1.36 bits per heavy atom. The van der Waals surface area contributed by atoms with Crippen LogP contribution in [0.4, 0.5) is 0 Å². The minimum absolute atomic E-state index is 0.0419. The van der Waals surface area contributed by atoms with Crippen LogP contribution < -0.4 is 0 Å². The molecule has 2 aliphatic carbocycles. The largest absolute Gasteiger partial charge is 0.198 e. The smallest absolute Gasteiger partial charge is 0.0689 e. The average molecular weight is 346 g/mol. The van der Waals surface area contributed by atoms with E-state index in [0.29, 0.717) is 0 Å². The van der Waals surface area contributed by atoms with Gasteiger partial charge in [0.25, 0.3) is 0 Å². The molecule has 1 heteroatoms. The van der Waals surface area contributed by atoms with Gasteiger partial charge in [-0.15, -0.1) is 0 Å². The Kier molecular flexibility index (Phi) is 9.36. The Balaban J connectivity index is 1.60. The molecule has 2 fully saturated rings. The molecule has 0 saturated heterocycles. The van der Waals surface area contributed by atoms with Crippen LogP contribution in [0.15, 0.2) is 0 Å². The van der Waals surface area contributed by atoms with Gasteiger partial charge < -0.3 is 0 Å². The molecule has 0 aromatic rings. The zero-order chi connectivity index (χ0) is 18.0. The first-order valence-corrected chi connectivity index (χ1v) is 11.6. The minimum Gasteiger partial charge on any atom is -0.198 e. The maximum atomic E-state index is 9.60. The maximum Gasteiger partial charge on any atom is 0.0689 e. The standard InChI is InChI=1S/C24H43N/c1-3-5-6-7-8-9-10-21-11-13-22(14-12-21)23-15-18-24(20-25,17-4-2)19-16-23/h21-23H,3-19H2,1-2H3/t21?,22?,23-,24+. The second-order valence-electron chi connectivity index (χ2n) is 9.32. The SMILES string of the molecule is CCCCCCCCC1CCC([C@H]2CC[C@](C#N)(CCC)CC2)CC1. The highest BCUT2D eigenvalue weighted by Crippen LogP contribution is 2.47. The molecule has 0 atom stereocenters. The van der Waals surface area contributed by atoms with Crippen LogP contribution in [0, 0.1) is 34.5 Å². The quantitative estimate of drug-likeness (QED) is 0.367. The van der Waals surface area contributed by atoms with Gasteiger partial charge in [0, 0.05) is 0 Å². The van der Waals surface area contributed by atoms with Crippen LogP contribution in [0.1, 0.15) is 123 Å². The summed E-state index contributed by atoms with van der Waals surface area (Å²) in [4.78, 5) is 0. The molecule has 2 aliphatic rings. The van der Waals surface area contributed by atoms with Crippen molar-refractivity contribution in [3.63, 3.8) is 0 Å². The fraction of sp³-hybridized carbons (Fsp3) is 0.958. The first kappa shape index (κ1) is 20.8. The molecule has 2 saturated carbocycles. The minimum atomic E-state index is 0.0419. The molecule has 0 bridgehead atoms. The molecule has 0 N–H and O–H groups in total. The number of nitrogens with zero attached hydrogens (tertiary/aromatic N) is 1. The van der Waals surface area contributed by atoms with Gasteiger partial charge in [0.2, 0.25) is 0 Å². The predicted molar refractivity (Wildman–Crippen MR) is 108 cm³/mol. The highest BCUT2D eigenvalue weighted by Gasteiger charge is 2.37. The van der Waals surface area contributed by atoms with Crippen molar-refractivity contribution in [2.45, 2.75) is 123 Å². The molecule has 0 radical (unpaired) electrons. The van der Waals surface area contributed by atoms with Crippen LogP contribution in [0.25, 0.3) is 0 Å². The summed E-state index contributed by atoms with van der Waals surface area (Å²) in [6.45, 7) is 4.53. The van der Waals surface area contributed by atoms with Crippen molar-refractivity contribution < 1.29 is 0 Å². The van der Waals surface area contributed by atoms with Gasteiger partial charge in [0.15, 0.2) is 0 Å². The lowest BCUT2D eigenvalue weighted by molar-refractivity contribution is 0.115. The molecule has 0 aliphatic heterocycles. The fourth-order valence-corrected chi connectivity index (χ4v) is 5.72. The van der Waals surface area contributed by atoms with E-state index in [9.17, 15) is 5.26 Å². The van der Waals surface area contributed by atoms with Crippen molar-refractivity contribution >= 4 is 0 Å². The van der Waals surface area contributed by atoms with E-state index < -0.39 is 0 Å². The Bertz CT molecular complexity index is 377. The average Bonchev–Trinajstić information content (AvgIpc) is 2.66. The van der Waals surface area contributed by atoms with Crippen LogP contribution >= 0.6 is 0 Å². The molecule has 0 aromatic carbocycles. The van der Waals surface area contributed by atoms with Gasteiger partial charge in [0.1, 0.15) is 0 Å². The third kappa shape index (κ3) is 6.62. The van der Waals surface area contributed by atoms with E-state index >= 15 is 0 Å². The Labute approximate surface area is 158 Å². The summed E-state index contributed by atoms with van der Waals surface area (Å²) in [6.07, 6.45) is 23.4. The lowest BCUT2D eigenvalue weighted by atomic mass is 9.63. The normalized spacial score (nSPS) is 33.1. The zero-order valence-corrected chi connectivity index (χ0v) is 17.2. The van der Waals surface area contributed by atoms with Crippen molar-refractivity contribution in [1.82, 2.24) is 0 Å². The van der Waals surface area contributed by atoms with Crippen LogP contribution in [0.3, 0.4) is 0 Å². The van der Waals surface area contributed by atoms with Crippen molar-refractivity contribution in [3.8, 4) is 6.07 Å². The fourth-order valence-electron chi connectivity index (χ4n) is 5.72. The lowest BCUT2D eigenvalue weighted by Gasteiger charge is -2.40. The Morgan fingerprint density at radius 1 is 0.760 bits per heavy atom. The molecule has 1 nitrogen and oxygen atoms in total. The summed E-state index contributed by atoms with van der Waals surface area (Å²) < 4.78 is 0. The van der Waals surface area contributed by atoms with Crippen LogP contribution in [0.5, 0.6) is 0 Å². The van der Waals surface area contributed by atoms with E-state index in [1.54, 1.807) is 0 Å². The summed E-state index contributed by atoms with van der Waals surface area (Å²) in [5.41, 5.74) is 0.0419. The molecule has 25 heavy (non-hydrogen) atoms. The highest BCUT2D eigenvalue weighted by molar-refractivity contribution is 5.02. The maximum absolute atomic E-state index is 9.60. The van der Waals surface area contributed by atoms with E-state index in [1.165, 1.54) is 103 Å². The summed E-state index contributed by atoms with van der Waals surface area (Å²) in [5.74, 6) is 2.96. The summed E-state index contributed by atoms with van der Waals surface area (Å²) >= 11 is 0.